The molecule has 2 aromatic rings. The summed E-state index contributed by atoms with van der Waals surface area (Å²) in [5, 5.41) is 4.06. The van der Waals surface area contributed by atoms with Crippen molar-refractivity contribution in [1.82, 2.24) is 10.1 Å². The summed E-state index contributed by atoms with van der Waals surface area (Å²) in [6.07, 6.45) is 0.918. The Kier molecular flexibility index (Phi) is 4.92. The molecule has 0 N–H and O–H groups in total. The van der Waals surface area contributed by atoms with Crippen LogP contribution in [-0.2, 0) is 13.0 Å². The number of anilines is 1. The number of hydrogen-bond acceptors (Lipinski definition) is 6. The fourth-order valence-electron chi connectivity index (χ4n) is 2.85. The summed E-state index contributed by atoms with van der Waals surface area (Å²) in [5.74, 6) is 2.63. The Morgan fingerprint density at radius 2 is 1.79 bits per heavy atom. The maximum absolute atomic E-state index is 5.74. The van der Waals surface area contributed by atoms with Gasteiger partial charge < -0.3 is 18.9 Å². The highest BCUT2D eigenvalue weighted by Gasteiger charge is 2.23. The number of ether oxygens (including phenoxy) is 2. The molecule has 0 atom stereocenters. The topological polar surface area (TPSA) is 60.6 Å². The third kappa shape index (κ3) is 3.32. The fourth-order valence-corrected chi connectivity index (χ4v) is 2.85. The van der Waals surface area contributed by atoms with E-state index in [0.717, 1.165) is 36.8 Å². The van der Waals surface area contributed by atoms with Crippen LogP contribution in [0.1, 0.15) is 50.6 Å². The SMILES string of the molecule is CCOc1cc2c(cc1OCC)CN(c1nc(C(C)C)no1)CC2. The molecule has 0 unspecified atom stereocenters. The molecule has 24 heavy (non-hydrogen) atoms. The minimum Gasteiger partial charge on any atom is -0.490 e. The van der Waals surface area contributed by atoms with Gasteiger partial charge in [-0.05, 0) is 43.5 Å². The summed E-state index contributed by atoms with van der Waals surface area (Å²) in [6.45, 7) is 10.9. The van der Waals surface area contributed by atoms with Gasteiger partial charge in [-0.3, -0.25) is 0 Å². The zero-order valence-electron chi connectivity index (χ0n) is 14.8. The monoisotopic (exact) mass is 331 g/mol. The van der Waals surface area contributed by atoms with Gasteiger partial charge in [-0.1, -0.05) is 19.0 Å². The van der Waals surface area contributed by atoms with Gasteiger partial charge in [-0.15, -0.1) is 0 Å². The van der Waals surface area contributed by atoms with Gasteiger partial charge in [-0.2, -0.15) is 4.98 Å². The Balaban J connectivity index is 1.84. The molecule has 0 spiro atoms. The number of aromatic nitrogens is 2. The summed E-state index contributed by atoms with van der Waals surface area (Å²) in [4.78, 5) is 6.63. The van der Waals surface area contributed by atoms with E-state index in [1.807, 2.05) is 13.8 Å². The average molecular weight is 331 g/mol. The van der Waals surface area contributed by atoms with Crippen LogP contribution in [0.2, 0.25) is 0 Å². The number of benzene rings is 1. The van der Waals surface area contributed by atoms with Crippen LogP contribution in [0.5, 0.6) is 11.5 Å². The summed E-state index contributed by atoms with van der Waals surface area (Å²) in [7, 11) is 0. The van der Waals surface area contributed by atoms with Crippen molar-refractivity contribution < 1.29 is 14.0 Å². The minimum absolute atomic E-state index is 0.262. The summed E-state index contributed by atoms with van der Waals surface area (Å²) >= 11 is 0. The lowest BCUT2D eigenvalue weighted by Crippen LogP contribution is -2.30. The van der Waals surface area contributed by atoms with E-state index in [4.69, 9.17) is 14.0 Å². The first-order valence-corrected chi connectivity index (χ1v) is 8.62. The molecular formula is C18H25N3O3. The van der Waals surface area contributed by atoms with Crippen LogP contribution in [0.25, 0.3) is 0 Å². The second-order valence-electron chi connectivity index (χ2n) is 6.20. The standard InChI is InChI=1S/C18H25N3O3/c1-5-22-15-9-13-7-8-21(11-14(13)10-16(15)23-6-2)18-19-17(12(3)4)20-24-18/h9-10,12H,5-8,11H2,1-4H3. The lowest BCUT2D eigenvalue weighted by atomic mass is 9.99. The number of fused-ring (bicyclic) bond motifs is 1. The quantitative estimate of drug-likeness (QED) is 0.807. The van der Waals surface area contributed by atoms with Crippen LogP contribution in [0.3, 0.4) is 0 Å². The van der Waals surface area contributed by atoms with Gasteiger partial charge in [0.25, 0.3) is 0 Å². The second kappa shape index (κ2) is 7.11. The normalized spacial score (nSPS) is 14.0. The molecule has 1 aromatic heterocycles. The molecule has 2 heterocycles. The minimum atomic E-state index is 0.262. The van der Waals surface area contributed by atoms with E-state index in [9.17, 15) is 0 Å². The molecule has 6 nitrogen and oxygen atoms in total. The Bertz CT molecular complexity index is 697. The van der Waals surface area contributed by atoms with Crippen LogP contribution in [0.4, 0.5) is 6.01 Å². The lowest BCUT2D eigenvalue weighted by Gasteiger charge is -2.28. The number of hydrogen-bond donors (Lipinski definition) is 0. The van der Waals surface area contributed by atoms with Gasteiger partial charge in [0.1, 0.15) is 0 Å². The maximum atomic E-state index is 5.74. The van der Waals surface area contributed by atoms with Crippen LogP contribution in [0.15, 0.2) is 16.7 Å². The van der Waals surface area contributed by atoms with Gasteiger partial charge >= 0.3 is 6.01 Å². The summed E-state index contributed by atoms with van der Waals surface area (Å²) in [6, 6.07) is 4.78. The smallest absolute Gasteiger partial charge is 0.324 e. The molecule has 3 rings (SSSR count). The predicted octanol–water partition coefficient (Wildman–Crippen LogP) is 3.55. The van der Waals surface area contributed by atoms with Crippen molar-refractivity contribution in [2.75, 3.05) is 24.7 Å². The van der Waals surface area contributed by atoms with Gasteiger partial charge in [-0.25, -0.2) is 0 Å². The Labute approximate surface area is 142 Å². The number of rotatable bonds is 6. The van der Waals surface area contributed by atoms with Crippen molar-refractivity contribution in [2.24, 2.45) is 0 Å². The maximum Gasteiger partial charge on any atom is 0.324 e. The van der Waals surface area contributed by atoms with Gasteiger partial charge in [0.2, 0.25) is 0 Å². The largest absolute Gasteiger partial charge is 0.490 e. The van der Waals surface area contributed by atoms with Crippen LogP contribution in [-0.4, -0.2) is 29.9 Å². The molecular weight excluding hydrogens is 306 g/mol. The highest BCUT2D eigenvalue weighted by Crippen LogP contribution is 2.34. The zero-order chi connectivity index (χ0) is 17.1. The van der Waals surface area contributed by atoms with E-state index in [2.05, 4.69) is 41.0 Å². The van der Waals surface area contributed by atoms with Gasteiger partial charge in [0.15, 0.2) is 17.3 Å². The third-order valence-electron chi connectivity index (χ3n) is 4.10. The first-order chi connectivity index (χ1) is 11.6. The molecule has 1 aliphatic rings. The molecule has 0 fully saturated rings. The summed E-state index contributed by atoms with van der Waals surface area (Å²) in [5.41, 5.74) is 2.51. The number of nitrogens with zero attached hydrogens (tertiary/aromatic N) is 3. The molecule has 0 bridgehead atoms. The van der Waals surface area contributed by atoms with Crippen molar-refractivity contribution in [3.05, 3.63) is 29.1 Å². The van der Waals surface area contributed by atoms with Crippen molar-refractivity contribution in [1.29, 1.82) is 0 Å². The van der Waals surface area contributed by atoms with Crippen LogP contribution in [0, 0.1) is 0 Å². The van der Waals surface area contributed by atoms with E-state index in [-0.39, 0.29) is 5.92 Å². The van der Waals surface area contributed by atoms with Crippen molar-refractivity contribution >= 4 is 6.01 Å². The summed E-state index contributed by atoms with van der Waals surface area (Å²) < 4.78 is 16.9. The third-order valence-corrected chi connectivity index (χ3v) is 4.10. The van der Waals surface area contributed by atoms with Crippen LogP contribution >= 0.6 is 0 Å². The van der Waals surface area contributed by atoms with Crippen molar-refractivity contribution in [3.8, 4) is 11.5 Å². The Morgan fingerprint density at radius 1 is 1.12 bits per heavy atom. The van der Waals surface area contributed by atoms with E-state index in [1.54, 1.807) is 0 Å². The molecule has 0 aliphatic carbocycles. The molecule has 0 amide bonds. The molecule has 0 saturated carbocycles. The first kappa shape index (κ1) is 16.6. The highest BCUT2D eigenvalue weighted by molar-refractivity contribution is 5.50. The second-order valence-corrected chi connectivity index (χ2v) is 6.20. The van der Waals surface area contributed by atoms with Gasteiger partial charge in [0.05, 0.1) is 13.2 Å². The molecule has 0 saturated heterocycles. The fraction of sp³-hybridized carbons (Fsp3) is 0.556. The van der Waals surface area contributed by atoms with E-state index in [1.165, 1.54) is 11.1 Å². The molecule has 0 radical (unpaired) electrons. The van der Waals surface area contributed by atoms with E-state index in [0.29, 0.717) is 19.2 Å². The molecule has 6 heteroatoms. The van der Waals surface area contributed by atoms with E-state index >= 15 is 0 Å². The predicted molar refractivity (Wildman–Crippen MR) is 91.9 cm³/mol. The average Bonchev–Trinajstić information content (AvgIpc) is 3.06. The van der Waals surface area contributed by atoms with Gasteiger partial charge in [0, 0.05) is 19.0 Å². The van der Waals surface area contributed by atoms with Crippen molar-refractivity contribution in [3.63, 3.8) is 0 Å². The lowest BCUT2D eigenvalue weighted by molar-refractivity contribution is 0.287. The Morgan fingerprint density at radius 3 is 2.38 bits per heavy atom. The van der Waals surface area contributed by atoms with E-state index < -0.39 is 0 Å². The first-order valence-electron chi connectivity index (χ1n) is 8.62. The van der Waals surface area contributed by atoms with Crippen LogP contribution < -0.4 is 14.4 Å². The zero-order valence-corrected chi connectivity index (χ0v) is 14.8. The Hall–Kier alpha value is -2.24. The highest BCUT2D eigenvalue weighted by atomic mass is 16.5. The van der Waals surface area contributed by atoms with Crippen molar-refractivity contribution in [2.45, 2.75) is 46.6 Å². The molecule has 1 aromatic carbocycles. The molecule has 130 valence electrons. The molecule has 1 aliphatic heterocycles.